The van der Waals surface area contributed by atoms with Crippen LogP contribution in [-0.4, -0.2) is 10.9 Å². The summed E-state index contributed by atoms with van der Waals surface area (Å²) >= 11 is 5.87. The van der Waals surface area contributed by atoms with E-state index in [0.717, 1.165) is 16.5 Å². The minimum absolute atomic E-state index is 0.0749. The molecule has 0 aliphatic heterocycles. The molecule has 4 heteroatoms. The lowest BCUT2D eigenvalue weighted by molar-refractivity contribution is 0.0940. The predicted octanol–water partition coefficient (Wildman–Crippen LogP) is 4.31. The molecule has 21 heavy (non-hydrogen) atoms. The quantitative estimate of drug-likeness (QED) is 0.743. The van der Waals surface area contributed by atoms with Crippen molar-refractivity contribution >= 4 is 28.4 Å². The zero-order chi connectivity index (χ0) is 14.8. The first-order chi connectivity index (χ1) is 10.1. The molecular weight excluding hydrogens is 284 g/mol. The van der Waals surface area contributed by atoms with Gasteiger partial charge in [0.25, 0.3) is 5.91 Å². The monoisotopic (exact) mass is 298 g/mol. The topological polar surface area (TPSA) is 44.9 Å². The molecule has 3 aromatic rings. The van der Waals surface area contributed by atoms with E-state index < -0.39 is 0 Å². The molecule has 1 heterocycles. The molecule has 1 aromatic heterocycles. The second kappa shape index (κ2) is 5.62. The number of halogens is 1. The number of H-pyrrole nitrogens is 1. The van der Waals surface area contributed by atoms with Crippen LogP contribution in [0.5, 0.6) is 0 Å². The van der Waals surface area contributed by atoms with Crippen molar-refractivity contribution in [2.75, 3.05) is 0 Å². The average molecular weight is 299 g/mol. The van der Waals surface area contributed by atoms with Gasteiger partial charge in [0.1, 0.15) is 0 Å². The van der Waals surface area contributed by atoms with Crippen LogP contribution in [0.1, 0.15) is 28.9 Å². The summed E-state index contributed by atoms with van der Waals surface area (Å²) in [6.07, 6.45) is 1.86. The van der Waals surface area contributed by atoms with Crippen LogP contribution in [0.25, 0.3) is 10.9 Å². The highest BCUT2D eigenvalue weighted by molar-refractivity contribution is 6.30. The van der Waals surface area contributed by atoms with Gasteiger partial charge in [0, 0.05) is 22.3 Å². The molecule has 2 aromatic carbocycles. The van der Waals surface area contributed by atoms with Crippen LogP contribution in [0.15, 0.2) is 54.7 Å². The van der Waals surface area contributed by atoms with Gasteiger partial charge < -0.3 is 10.3 Å². The van der Waals surface area contributed by atoms with Gasteiger partial charge >= 0.3 is 0 Å². The predicted molar refractivity (Wildman–Crippen MR) is 85.6 cm³/mol. The van der Waals surface area contributed by atoms with Crippen molar-refractivity contribution in [2.24, 2.45) is 0 Å². The van der Waals surface area contributed by atoms with Gasteiger partial charge in [0.15, 0.2) is 0 Å². The fraction of sp³-hybridized carbons (Fsp3) is 0.118. The third-order valence-corrected chi connectivity index (χ3v) is 3.79. The zero-order valence-corrected chi connectivity index (χ0v) is 12.3. The first-order valence-electron chi connectivity index (χ1n) is 6.77. The molecule has 0 bridgehead atoms. The molecule has 0 saturated carbocycles. The first-order valence-corrected chi connectivity index (χ1v) is 7.15. The summed E-state index contributed by atoms with van der Waals surface area (Å²) in [5.74, 6) is -0.0889. The van der Waals surface area contributed by atoms with E-state index in [1.54, 1.807) is 0 Å². The molecule has 0 aliphatic rings. The van der Waals surface area contributed by atoms with E-state index in [-0.39, 0.29) is 11.9 Å². The molecule has 1 atom stereocenters. The summed E-state index contributed by atoms with van der Waals surface area (Å²) < 4.78 is 0. The molecule has 3 rings (SSSR count). The van der Waals surface area contributed by atoms with E-state index in [4.69, 9.17) is 11.6 Å². The lowest BCUT2D eigenvalue weighted by Crippen LogP contribution is -2.26. The highest BCUT2D eigenvalue weighted by Crippen LogP contribution is 2.18. The zero-order valence-electron chi connectivity index (χ0n) is 11.6. The Bertz CT molecular complexity index is 777. The van der Waals surface area contributed by atoms with E-state index in [0.29, 0.717) is 10.6 Å². The van der Waals surface area contributed by atoms with E-state index >= 15 is 0 Å². The van der Waals surface area contributed by atoms with E-state index in [1.807, 2.05) is 61.7 Å². The number of carbonyl (C=O) groups is 1. The van der Waals surface area contributed by atoms with Gasteiger partial charge in [0.2, 0.25) is 0 Å². The molecule has 0 radical (unpaired) electrons. The van der Waals surface area contributed by atoms with E-state index in [2.05, 4.69) is 10.3 Å². The van der Waals surface area contributed by atoms with Crippen molar-refractivity contribution < 1.29 is 4.79 Å². The van der Waals surface area contributed by atoms with Crippen LogP contribution in [0.2, 0.25) is 5.02 Å². The van der Waals surface area contributed by atoms with Crippen molar-refractivity contribution in [2.45, 2.75) is 13.0 Å². The molecule has 0 saturated heterocycles. The van der Waals surface area contributed by atoms with Crippen LogP contribution in [0.3, 0.4) is 0 Å². The Balaban J connectivity index is 1.77. The number of rotatable bonds is 3. The first kappa shape index (κ1) is 13.7. The summed E-state index contributed by atoms with van der Waals surface area (Å²) in [7, 11) is 0. The molecule has 0 aliphatic carbocycles. The van der Waals surface area contributed by atoms with Crippen molar-refractivity contribution in [3.63, 3.8) is 0 Å². The lowest BCUT2D eigenvalue weighted by Gasteiger charge is -2.14. The third kappa shape index (κ3) is 2.93. The highest BCUT2D eigenvalue weighted by Gasteiger charge is 2.12. The Labute approximate surface area is 127 Å². The maximum absolute atomic E-state index is 12.3. The molecule has 3 nitrogen and oxygen atoms in total. The average Bonchev–Trinajstić information content (AvgIpc) is 2.95. The number of hydrogen-bond donors (Lipinski definition) is 2. The van der Waals surface area contributed by atoms with Crippen LogP contribution in [0.4, 0.5) is 0 Å². The molecule has 0 unspecified atom stereocenters. The highest BCUT2D eigenvalue weighted by atomic mass is 35.5. The fourth-order valence-electron chi connectivity index (χ4n) is 2.30. The second-order valence-electron chi connectivity index (χ2n) is 5.03. The summed E-state index contributed by atoms with van der Waals surface area (Å²) in [5, 5.41) is 4.78. The minimum atomic E-state index is -0.0889. The number of aromatic nitrogens is 1. The minimum Gasteiger partial charge on any atom is -0.361 e. The SMILES string of the molecule is C[C@@H](NC(=O)c1ccc2cc[nH]c2c1)c1ccc(Cl)cc1. The van der Waals surface area contributed by atoms with Crippen LogP contribution >= 0.6 is 11.6 Å². The summed E-state index contributed by atoms with van der Waals surface area (Å²) in [6.45, 7) is 1.95. The Morgan fingerprint density at radius 2 is 1.90 bits per heavy atom. The van der Waals surface area contributed by atoms with Crippen LogP contribution < -0.4 is 5.32 Å². The molecular formula is C17H15ClN2O. The van der Waals surface area contributed by atoms with Crippen LogP contribution in [-0.2, 0) is 0 Å². The summed E-state index contributed by atoms with van der Waals surface area (Å²) in [4.78, 5) is 15.4. The Morgan fingerprint density at radius 1 is 1.14 bits per heavy atom. The van der Waals surface area contributed by atoms with Gasteiger partial charge in [-0.1, -0.05) is 29.8 Å². The van der Waals surface area contributed by atoms with Gasteiger partial charge in [-0.15, -0.1) is 0 Å². The van der Waals surface area contributed by atoms with Crippen molar-refractivity contribution in [3.05, 3.63) is 70.9 Å². The number of fused-ring (bicyclic) bond motifs is 1. The Kier molecular flexibility index (Phi) is 3.67. The van der Waals surface area contributed by atoms with Crippen molar-refractivity contribution in [1.29, 1.82) is 0 Å². The Morgan fingerprint density at radius 3 is 2.67 bits per heavy atom. The molecule has 0 spiro atoms. The maximum Gasteiger partial charge on any atom is 0.251 e. The fourth-order valence-corrected chi connectivity index (χ4v) is 2.43. The van der Waals surface area contributed by atoms with Gasteiger partial charge in [-0.3, -0.25) is 4.79 Å². The normalized spacial score (nSPS) is 12.3. The molecule has 1 amide bonds. The van der Waals surface area contributed by atoms with Gasteiger partial charge in [-0.25, -0.2) is 0 Å². The van der Waals surface area contributed by atoms with Gasteiger partial charge in [-0.05, 0) is 48.2 Å². The second-order valence-corrected chi connectivity index (χ2v) is 5.46. The standard InChI is InChI=1S/C17H15ClN2O/c1-11(12-4-6-15(18)7-5-12)20-17(21)14-3-2-13-8-9-19-16(13)10-14/h2-11,19H,1H3,(H,20,21)/t11-/m1/s1. The largest absolute Gasteiger partial charge is 0.361 e. The van der Waals surface area contributed by atoms with E-state index in [9.17, 15) is 4.79 Å². The smallest absolute Gasteiger partial charge is 0.251 e. The summed E-state index contributed by atoms with van der Waals surface area (Å²) in [6, 6.07) is 15.0. The number of hydrogen-bond acceptors (Lipinski definition) is 1. The van der Waals surface area contributed by atoms with Gasteiger partial charge in [0.05, 0.1) is 6.04 Å². The number of benzene rings is 2. The number of carbonyl (C=O) groups excluding carboxylic acids is 1. The molecule has 0 fully saturated rings. The number of amides is 1. The lowest BCUT2D eigenvalue weighted by atomic mass is 10.1. The van der Waals surface area contributed by atoms with E-state index in [1.165, 1.54) is 0 Å². The van der Waals surface area contributed by atoms with Crippen molar-refractivity contribution in [3.8, 4) is 0 Å². The van der Waals surface area contributed by atoms with Crippen molar-refractivity contribution in [1.82, 2.24) is 10.3 Å². The summed E-state index contributed by atoms with van der Waals surface area (Å²) in [5.41, 5.74) is 2.63. The maximum atomic E-state index is 12.3. The number of aromatic amines is 1. The molecule has 2 N–H and O–H groups in total. The number of nitrogens with one attached hydrogen (secondary N) is 2. The Hall–Kier alpha value is -2.26. The van der Waals surface area contributed by atoms with Gasteiger partial charge in [-0.2, -0.15) is 0 Å². The molecule has 106 valence electrons. The van der Waals surface area contributed by atoms with Crippen LogP contribution in [0, 0.1) is 0 Å². The third-order valence-electron chi connectivity index (χ3n) is 3.53.